The average Bonchev–Trinajstić information content (AvgIpc) is 2.90. The summed E-state index contributed by atoms with van der Waals surface area (Å²) in [5, 5.41) is 6.72. The molecular formula is C18H26N2S. The zero-order valence-electron chi connectivity index (χ0n) is 13.9. The van der Waals surface area contributed by atoms with Crippen LogP contribution in [0.3, 0.4) is 0 Å². The van der Waals surface area contributed by atoms with Crippen molar-refractivity contribution >= 4 is 11.3 Å². The fourth-order valence-electron chi connectivity index (χ4n) is 2.27. The molecular weight excluding hydrogens is 276 g/mol. The van der Waals surface area contributed by atoms with Gasteiger partial charge in [-0.05, 0) is 24.1 Å². The summed E-state index contributed by atoms with van der Waals surface area (Å²) in [7, 11) is 2.00. The van der Waals surface area contributed by atoms with Gasteiger partial charge in [0.15, 0.2) is 0 Å². The fraction of sp³-hybridized carbons (Fsp3) is 0.500. The molecule has 1 heterocycles. The van der Waals surface area contributed by atoms with Gasteiger partial charge in [-0.3, -0.25) is 0 Å². The van der Waals surface area contributed by atoms with Crippen molar-refractivity contribution in [3.63, 3.8) is 0 Å². The van der Waals surface area contributed by atoms with Gasteiger partial charge >= 0.3 is 0 Å². The third-order valence-corrected chi connectivity index (χ3v) is 4.67. The maximum absolute atomic E-state index is 4.84. The zero-order valence-corrected chi connectivity index (χ0v) is 14.7. The van der Waals surface area contributed by atoms with Gasteiger partial charge in [-0.25, -0.2) is 4.98 Å². The number of aromatic nitrogens is 1. The summed E-state index contributed by atoms with van der Waals surface area (Å²) in [5.41, 5.74) is 3.93. The van der Waals surface area contributed by atoms with Gasteiger partial charge in [0, 0.05) is 10.8 Å². The van der Waals surface area contributed by atoms with Gasteiger partial charge in [0.05, 0.1) is 11.7 Å². The van der Waals surface area contributed by atoms with Crippen LogP contribution in [0.4, 0.5) is 0 Å². The molecule has 0 fully saturated rings. The van der Waals surface area contributed by atoms with Crippen LogP contribution < -0.4 is 5.32 Å². The number of nitrogens with one attached hydrogen (secondary N) is 1. The quantitative estimate of drug-likeness (QED) is 0.871. The van der Waals surface area contributed by atoms with E-state index in [1.54, 1.807) is 11.3 Å². The van der Waals surface area contributed by atoms with Gasteiger partial charge in [0.2, 0.25) is 0 Å². The monoisotopic (exact) mass is 302 g/mol. The Kier molecular flexibility index (Phi) is 4.84. The number of nitrogens with zero attached hydrogens (tertiary/aromatic N) is 1. The molecule has 1 aromatic heterocycles. The minimum absolute atomic E-state index is 0.106. The first-order valence-electron chi connectivity index (χ1n) is 7.56. The van der Waals surface area contributed by atoms with E-state index in [1.807, 2.05) is 7.05 Å². The molecule has 0 aliphatic heterocycles. The minimum atomic E-state index is 0.106. The number of thiazole rings is 1. The van der Waals surface area contributed by atoms with E-state index in [9.17, 15) is 0 Å². The fourth-order valence-corrected chi connectivity index (χ4v) is 3.45. The predicted octanol–water partition coefficient (Wildman–Crippen LogP) is 4.87. The van der Waals surface area contributed by atoms with E-state index in [0.29, 0.717) is 5.92 Å². The molecule has 0 spiro atoms. The number of hydrogen-bond acceptors (Lipinski definition) is 3. The van der Waals surface area contributed by atoms with Crippen molar-refractivity contribution in [3.05, 3.63) is 51.5 Å². The third-order valence-electron chi connectivity index (χ3n) is 3.76. The molecule has 2 rings (SSSR count). The largest absolute Gasteiger partial charge is 0.307 e. The Labute approximate surface area is 132 Å². The van der Waals surface area contributed by atoms with Crippen LogP contribution in [0.15, 0.2) is 29.6 Å². The van der Waals surface area contributed by atoms with Crippen LogP contribution in [-0.2, 0) is 5.41 Å². The molecule has 0 bridgehead atoms. The highest BCUT2D eigenvalue weighted by atomic mass is 32.1. The van der Waals surface area contributed by atoms with Crippen LogP contribution in [0.2, 0.25) is 0 Å². The molecule has 0 radical (unpaired) electrons. The zero-order chi connectivity index (χ0) is 15.6. The smallest absolute Gasteiger partial charge is 0.114 e. The Balaban J connectivity index is 2.29. The molecule has 0 amide bonds. The van der Waals surface area contributed by atoms with Crippen molar-refractivity contribution < 1.29 is 0 Å². The molecule has 0 saturated carbocycles. The molecule has 1 aromatic carbocycles. The van der Waals surface area contributed by atoms with Crippen molar-refractivity contribution in [1.29, 1.82) is 0 Å². The Morgan fingerprint density at radius 1 is 1.05 bits per heavy atom. The lowest BCUT2D eigenvalue weighted by molar-refractivity contribution is 0.566. The first-order chi connectivity index (χ1) is 9.82. The highest BCUT2D eigenvalue weighted by Gasteiger charge is 2.21. The van der Waals surface area contributed by atoms with Crippen LogP contribution in [0, 0.1) is 0 Å². The minimum Gasteiger partial charge on any atom is -0.307 e. The lowest BCUT2D eigenvalue weighted by Gasteiger charge is -2.17. The lowest BCUT2D eigenvalue weighted by atomic mass is 9.93. The maximum atomic E-state index is 4.84. The Hall–Kier alpha value is -1.19. The van der Waals surface area contributed by atoms with Gasteiger partial charge in [0.25, 0.3) is 0 Å². The van der Waals surface area contributed by atoms with Gasteiger partial charge < -0.3 is 5.32 Å². The molecule has 0 aliphatic carbocycles. The van der Waals surface area contributed by atoms with Gasteiger partial charge in [0.1, 0.15) is 5.01 Å². The molecule has 114 valence electrons. The van der Waals surface area contributed by atoms with Gasteiger partial charge in [-0.15, -0.1) is 11.3 Å². The summed E-state index contributed by atoms with van der Waals surface area (Å²) in [5.74, 6) is 0.569. The average molecular weight is 302 g/mol. The Morgan fingerprint density at radius 3 is 2.05 bits per heavy atom. The Bertz CT molecular complexity index is 576. The summed E-state index contributed by atoms with van der Waals surface area (Å²) >= 11 is 1.74. The second-order valence-corrected chi connectivity index (χ2v) is 7.75. The first kappa shape index (κ1) is 16.2. The molecule has 2 aromatic rings. The highest BCUT2D eigenvalue weighted by Crippen LogP contribution is 2.30. The van der Waals surface area contributed by atoms with Crippen molar-refractivity contribution in [2.45, 2.75) is 52.0 Å². The molecule has 3 heteroatoms. The van der Waals surface area contributed by atoms with E-state index in [0.717, 1.165) is 5.01 Å². The molecule has 0 aliphatic rings. The van der Waals surface area contributed by atoms with Gasteiger partial charge in [-0.1, -0.05) is 58.9 Å². The summed E-state index contributed by atoms with van der Waals surface area (Å²) in [6, 6.07) is 9.06. The molecule has 1 N–H and O–H groups in total. The van der Waals surface area contributed by atoms with Gasteiger partial charge in [-0.2, -0.15) is 0 Å². The SMILES string of the molecule is CNC(c1ccc(C(C)C)cc1)c1nc(C(C)(C)C)cs1. The van der Waals surface area contributed by atoms with Crippen molar-refractivity contribution in [2.75, 3.05) is 7.05 Å². The van der Waals surface area contributed by atoms with Crippen molar-refractivity contribution in [1.82, 2.24) is 10.3 Å². The van der Waals surface area contributed by atoms with Crippen LogP contribution >= 0.6 is 11.3 Å². The topological polar surface area (TPSA) is 24.9 Å². The predicted molar refractivity (Wildman–Crippen MR) is 92.2 cm³/mol. The van der Waals surface area contributed by atoms with E-state index in [1.165, 1.54) is 16.8 Å². The summed E-state index contributed by atoms with van der Waals surface area (Å²) in [4.78, 5) is 4.84. The van der Waals surface area contributed by atoms with E-state index >= 15 is 0 Å². The molecule has 1 atom stereocenters. The van der Waals surface area contributed by atoms with Crippen LogP contribution in [0.1, 0.15) is 68.4 Å². The van der Waals surface area contributed by atoms with E-state index in [4.69, 9.17) is 4.98 Å². The molecule has 2 nitrogen and oxygen atoms in total. The Morgan fingerprint density at radius 2 is 1.62 bits per heavy atom. The van der Waals surface area contributed by atoms with E-state index < -0.39 is 0 Å². The number of hydrogen-bond donors (Lipinski definition) is 1. The first-order valence-corrected chi connectivity index (χ1v) is 8.44. The maximum Gasteiger partial charge on any atom is 0.114 e. The number of rotatable bonds is 4. The van der Waals surface area contributed by atoms with Crippen molar-refractivity contribution in [2.24, 2.45) is 0 Å². The van der Waals surface area contributed by atoms with Crippen LogP contribution in [0.25, 0.3) is 0 Å². The molecule has 1 unspecified atom stereocenters. The molecule has 21 heavy (non-hydrogen) atoms. The highest BCUT2D eigenvalue weighted by molar-refractivity contribution is 7.09. The summed E-state index contributed by atoms with van der Waals surface area (Å²) < 4.78 is 0. The van der Waals surface area contributed by atoms with E-state index in [2.05, 4.69) is 69.6 Å². The van der Waals surface area contributed by atoms with Crippen LogP contribution in [0.5, 0.6) is 0 Å². The van der Waals surface area contributed by atoms with Crippen LogP contribution in [-0.4, -0.2) is 12.0 Å². The standard InChI is InChI=1S/C18H26N2S/c1-12(2)13-7-9-14(10-8-13)16(19-6)17-20-15(11-21-17)18(3,4)5/h7-12,16,19H,1-6H3. The second-order valence-electron chi connectivity index (χ2n) is 6.86. The molecule has 0 saturated heterocycles. The summed E-state index contributed by atoms with van der Waals surface area (Å²) in [6.07, 6.45) is 0. The third kappa shape index (κ3) is 3.72. The number of benzene rings is 1. The van der Waals surface area contributed by atoms with Crippen molar-refractivity contribution in [3.8, 4) is 0 Å². The lowest BCUT2D eigenvalue weighted by Crippen LogP contribution is -2.18. The van der Waals surface area contributed by atoms with E-state index in [-0.39, 0.29) is 11.5 Å². The second kappa shape index (κ2) is 6.29. The summed E-state index contributed by atoms with van der Waals surface area (Å²) in [6.45, 7) is 11.1. The normalized spacial score (nSPS) is 13.7.